The molecule has 0 aliphatic carbocycles. The number of rotatable bonds is 3. The van der Waals surface area contributed by atoms with Crippen LogP contribution < -0.4 is 0 Å². The van der Waals surface area contributed by atoms with E-state index in [0.29, 0.717) is 5.56 Å². The second-order valence-corrected chi connectivity index (χ2v) is 5.55. The molecule has 0 aromatic heterocycles. The maximum atomic E-state index is 13.0. The van der Waals surface area contributed by atoms with Crippen molar-refractivity contribution in [3.8, 4) is 0 Å². The van der Waals surface area contributed by atoms with Gasteiger partial charge in [-0.3, -0.25) is 0 Å². The summed E-state index contributed by atoms with van der Waals surface area (Å²) in [6.07, 6.45) is -4.91. The van der Waals surface area contributed by atoms with E-state index in [4.69, 9.17) is 0 Å². The highest BCUT2D eigenvalue weighted by Crippen LogP contribution is 2.48. The molecule has 0 saturated heterocycles. The molecule has 0 fully saturated rings. The van der Waals surface area contributed by atoms with Gasteiger partial charge < -0.3 is 0 Å². The standard InChI is InChI=1S/C9H7BrF4S/c10-8(11,9(12,13)14)15-6-7-4-2-1-3-5-7/h1-5H,6H2. The molecular weight excluding hydrogens is 296 g/mol. The highest BCUT2D eigenvalue weighted by atomic mass is 79.9. The monoisotopic (exact) mass is 302 g/mol. The molecule has 1 rings (SSSR count). The Hall–Kier alpha value is -0.230. The van der Waals surface area contributed by atoms with Crippen LogP contribution in [0.15, 0.2) is 30.3 Å². The minimum atomic E-state index is -4.91. The van der Waals surface area contributed by atoms with E-state index in [1.54, 1.807) is 30.3 Å². The van der Waals surface area contributed by atoms with Gasteiger partial charge in [0, 0.05) is 5.75 Å². The maximum Gasteiger partial charge on any atom is 0.442 e. The first-order valence-electron chi connectivity index (χ1n) is 3.95. The lowest BCUT2D eigenvalue weighted by Gasteiger charge is -2.20. The van der Waals surface area contributed by atoms with Crippen LogP contribution in [0.4, 0.5) is 17.6 Å². The Morgan fingerprint density at radius 3 is 2.07 bits per heavy atom. The van der Waals surface area contributed by atoms with Crippen molar-refractivity contribution in [3.05, 3.63) is 35.9 Å². The zero-order valence-electron chi connectivity index (χ0n) is 7.39. The molecule has 0 spiro atoms. The van der Waals surface area contributed by atoms with Crippen molar-refractivity contribution in [2.24, 2.45) is 0 Å². The average molecular weight is 303 g/mol. The van der Waals surface area contributed by atoms with Crippen LogP contribution in [-0.2, 0) is 5.75 Å². The molecule has 0 bridgehead atoms. The molecule has 0 aliphatic heterocycles. The molecule has 84 valence electrons. The topological polar surface area (TPSA) is 0 Å². The largest absolute Gasteiger partial charge is 0.442 e. The molecule has 15 heavy (non-hydrogen) atoms. The van der Waals surface area contributed by atoms with Gasteiger partial charge in [0.1, 0.15) is 0 Å². The molecule has 1 unspecified atom stereocenters. The third-order valence-corrected chi connectivity index (χ3v) is 3.80. The predicted molar refractivity (Wildman–Crippen MR) is 56.6 cm³/mol. The summed E-state index contributed by atoms with van der Waals surface area (Å²) in [6, 6.07) is 8.42. The molecule has 0 N–H and O–H groups in total. The molecule has 0 nitrogen and oxygen atoms in total. The Morgan fingerprint density at radius 2 is 1.60 bits per heavy atom. The SMILES string of the molecule is FC(F)(F)C(F)(Br)SCc1ccccc1. The van der Waals surface area contributed by atoms with Crippen molar-refractivity contribution >= 4 is 27.7 Å². The smallest absolute Gasteiger partial charge is 0.209 e. The van der Waals surface area contributed by atoms with Crippen molar-refractivity contribution in [1.29, 1.82) is 0 Å². The van der Waals surface area contributed by atoms with Crippen LogP contribution in [0, 0.1) is 0 Å². The Labute approximate surface area is 97.2 Å². The summed E-state index contributed by atoms with van der Waals surface area (Å²) in [5.41, 5.74) is 0.647. The van der Waals surface area contributed by atoms with E-state index in [-0.39, 0.29) is 17.5 Å². The summed E-state index contributed by atoms with van der Waals surface area (Å²) in [6.45, 7) is 0. The lowest BCUT2D eigenvalue weighted by Crippen LogP contribution is -2.31. The highest BCUT2D eigenvalue weighted by Gasteiger charge is 2.54. The van der Waals surface area contributed by atoms with Crippen LogP contribution in [0.1, 0.15) is 5.56 Å². The summed E-state index contributed by atoms with van der Waals surface area (Å²) in [5.74, 6) is -0.0396. The normalized spacial score (nSPS) is 16.1. The summed E-state index contributed by atoms with van der Waals surface area (Å²) in [5, 5.41) is 0. The molecule has 0 radical (unpaired) electrons. The van der Waals surface area contributed by atoms with E-state index in [2.05, 4.69) is 0 Å². The Balaban J connectivity index is 2.58. The predicted octanol–water partition coefficient (Wildman–Crippen LogP) is 4.50. The van der Waals surface area contributed by atoms with Crippen molar-refractivity contribution in [1.82, 2.24) is 0 Å². The molecule has 1 aromatic rings. The van der Waals surface area contributed by atoms with Crippen LogP contribution >= 0.6 is 27.7 Å². The zero-order valence-corrected chi connectivity index (χ0v) is 9.79. The van der Waals surface area contributed by atoms with E-state index >= 15 is 0 Å². The molecule has 1 aromatic carbocycles. The number of halogens is 5. The van der Waals surface area contributed by atoms with E-state index in [1.807, 2.05) is 15.9 Å². The second kappa shape index (κ2) is 4.74. The fraction of sp³-hybridized carbons (Fsp3) is 0.333. The first kappa shape index (κ1) is 12.8. The van der Waals surface area contributed by atoms with E-state index in [9.17, 15) is 17.6 Å². The van der Waals surface area contributed by atoms with Gasteiger partial charge in [0.25, 0.3) is 0 Å². The second-order valence-electron chi connectivity index (χ2n) is 2.79. The van der Waals surface area contributed by atoms with Crippen LogP contribution in [-0.4, -0.2) is 10.1 Å². The minimum absolute atomic E-state index is 0.0396. The fourth-order valence-corrected chi connectivity index (χ4v) is 1.88. The van der Waals surface area contributed by atoms with Gasteiger partial charge in [0.05, 0.1) is 0 Å². The van der Waals surface area contributed by atoms with E-state index in [1.165, 1.54) is 0 Å². The molecular formula is C9H7BrF4S. The number of alkyl halides is 5. The van der Waals surface area contributed by atoms with Crippen molar-refractivity contribution < 1.29 is 17.6 Å². The van der Waals surface area contributed by atoms with Crippen molar-refractivity contribution in [2.45, 2.75) is 15.8 Å². The molecule has 6 heteroatoms. The van der Waals surface area contributed by atoms with Crippen LogP contribution in [0.3, 0.4) is 0 Å². The zero-order chi connectivity index (χ0) is 11.5. The van der Waals surface area contributed by atoms with Crippen LogP contribution in [0.5, 0.6) is 0 Å². The van der Waals surface area contributed by atoms with Crippen molar-refractivity contribution in [3.63, 3.8) is 0 Å². The van der Waals surface area contributed by atoms with Gasteiger partial charge in [-0.15, -0.1) is 0 Å². The third kappa shape index (κ3) is 3.68. The van der Waals surface area contributed by atoms with E-state index < -0.39 is 10.1 Å². The summed E-state index contributed by atoms with van der Waals surface area (Å²) < 4.78 is 45.9. The molecule has 0 saturated carbocycles. The summed E-state index contributed by atoms with van der Waals surface area (Å²) in [4.78, 5) is 0. The third-order valence-electron chi connectivity index (χ3n) is 1.59. The minimum Gasteiger partial charge on any atom is -0.209 e. The first-order valence-corrected chi connectivity index (χ1v) is 5.73. The molecule has 0 heterocycles. The molecule has 0 amide bonds. The number of thioether (sulfide) groups is 1. The van der Waals surface area contributed by atoms with Crippen LogP contribution in [0.2, 0.25) is 0 Å². The first-order chi connectivity index (χ1) is 6.83. The number of benzene rings is 1. The lowest BCUT2D eigenvalue weighted by atomic mass is 10.2. The van der Waals surface area contributed by atoms with Crippen LogP contribution in [0.25, 0.3) is 0 Å². The maximum absolute atomic E-state index is 13.0. The number of hydrogen-bond acceptors (Lipinski definition) is 1. The fourth-order valence-electron chi connectivity index (χ4n) is 0.830. The Morgan fingerprint density at radius 1 is 1.07 bits per heavy atom. The van der Waals surface area contributed by atoms with Gasteiger partial charge in [-0.1, -0.05) is 42.1 Å². The Kier molecular flexibility index (Phi) is 4.06. The van der Waals surface area contributed by atoms with Gasteiger partial charge in [-0.05, 0) is 21.5 Å². The highest BCUT2D eigenvalue weighted by molar-refractivity contribution is 9.11. The van der Waals surface area contributed by atoms with Gasteiger partial charge in [-0.2, -0.15) is 13.2 Å². The average Bonchev–Trinajstić information content (AvgIpc) is 2.15. The molecule has 0 aliphatic rings. The van der Waals surface area contributed by atoms with Crippen molar-refractivity contribution in [2.75, 3.05) is 0 Å². The number of hydrogen-bond donors (Lipinski definition) is 0. The van der Waals surface area contributed by atoms with E-state index in [0.717, 1.165) is 0 Å². The summed E-state index contributed by atoms with van der Waals surface area (Å²) in [7, 11) is 0. The Bertz CT molecular complexity index is 310. The van der Waals surface area contributed by atoms with Gasteiger partial charge in [0.2, 0.25) is 0 Å². The van der Waals surface area contributed by atoms with Gasteiger partial charge >= 0.3 is 10.1 Å². The quantitative estimate of drug-likeness (QED) is 0.585. The summed E-state index contributed by atoms with van der Waals surface area (Å²) >= 11 is 2.20. The molecule has 1 atom stereocenters. The van der Waals surface area contributed by atoms with Gasteiger partial charge in [-0.25, -0.2) is 4.39 Å². The lowest BCUT2D eigenvalue weighted by molar-refractivity contribution is -0.163. The van der Waals surface area contributed by atoms with Gasteiger partial charge in [0.15, 0.2) is 0 Å².